The van der Waals surface area contributed by atoms with Crippen LogP contribution in [-0.2, 0) is 0 Å². The van der Waals surface area contributed by atoms with Crippen LogP contribution in [0.5, 0.6) is 0 Å². The monoisotopic (exact) mass is 375 g/mol. The summed E-state index contributed by atoms with van der Waals surface area (Å²) in [7, 11) is 0. The summed E-state index contributed by atoms with van der Waals surface area (Å²) in [4.78, 5) is 12.2. The zero-order valence-corrected chi connectivity index (χ0v) is 12.9. The molecule has 3 rings (SSSR count). The van der Waals surface area contributed by atoms with Crippen LogP contribution in [-0.4, -0.2) is 11.9 Å². The largest absolute Gasteiger partial charge is 0.349 e. The van der Waals surface area contributed by atoms with Gasteiger partial charge in [0.05, 0.1) is 5.02 Å². The Kier molecular flexibility index (Phi) is 3.54. The number of hydrogen-bond acceptors (Lipinski definition) is 1. The van der Waals surface area contributed by atoms with E-state index in [-0.39, 0.29) is 5.91 Å². The first-order valence-corrected chi connectivity index (χ1v) is 7.87. The summed E-state index contributed by atoms with van der Waals surface area (Å²) in [6.45, 7) is 0. The highest BCUT2D eigenvalue weighted by Gasteiger charge is 2.42. The predicted octanol–water partition coefficient (Wildman–Crippen LogP) is 3.86. The molecule has 2 aliphatic rings. The van der Waals surface area contributed by atoms with Crippen molar-refractivity contribution in [3.05, 3.63) is 32.4 Å². The minimum atomic E-state index is 0.0251. The summed E-state index contributed by atoms with van der Waals surface area (Å²) in [5.41, 5.74) is 0.673. The Morgan fingerprint density at radius 1 is 1.28 bits per heavy atom. The van der Waals surface area contributed by atoms with E-state index in [1.165, 1.54) is 25.7 Å². The SMILES string of the molecule is O=C(NC(C1CC1)C1CC1)c1ccc(I)c(Cl)c1. The van der Waals surface area contributed by atoms with E-state index in [1.54, 1.807) is 6.07 Å². The number of carbonyl (C=O) groups is 1. The third-order valence-electron chi connectivity index (χ3n) is 3.74. The molecule has 0 bridgehead atoms. The zero-order valence-electron chi connectivity index (χ0n) is 9.96. The summed E-state index contributed by atoms with van der Waals surface area (Å²) in [6.07, 6.45) is 5.09. The van der Waals surface area contributed by atoms with Crippen molar-refractivity contribution < 1.29 is 4.79 Å². The Morgan fingerprint density at radius 3 is 2.39 bits per heavy atom. The maximum atomic E-state index is 12.2. The van der Waals surface area contributed by atoms with Gasteiger partial charge in [-0.25, -0.2) is 0 Å². The van der Waals surface area contributed by atoms with Gasteiger partial charge in [-0.2, -0.15) is 0 Å². The van der Waals surface area contributed by atoms with Gasteiger partial charge < -0.3 is 5.32 Å². The molecule has 0 unspecified atom stereocenters. The van der Waals surface area contributed by atoms with E-state index in [1.807, 2.05) is 12.1 Å². The summed E-state index contributed by atoms with van der Waals surface area (Å²) < 4.78 is 0.978. The van der Waals surface area contributed by atoms with E-state index in [9.17, 15) is 4.79 Å². The average Bonchev–Trinajstić information content (AvgIpc) is 3.22. The van der Waals surface area contributed by atoms with E-state index < -0.39 is 0 Å². The molecule has 18 heavy (non-hydrogen) atoms. The Bertz CT molecular complexity index is 471. The molecular formula is C14H15ClINO. The first kappa shape index (κ1) is 12.7. The third kappa shape index (κ3) is 2.82. The number of amides is 1. The normalized spacial score (nSPS) is 19.1. The van der Waals surface area contributed by atoms with Crippen molar-refractivity contribution in [3.8, 4) is 0 Å². The lowest BCUT2D eigenvalue weighted by Crippen LogP contribution is -2.38. The lowest BCUT2D eigenvalue weighted by atomic mass is 10.1. The molecule has 1 aromatic carbocycles. The van der Waals surface area contributed by atoms with Crippen molar-refractivity contribution in [3.63, 3.8) is 0 Å². The Morgan fingerprint density at radius 2 is 1.89 bits per heavy atom. The number of nitrogens with one attached hydrogen (secondary N) is 1. The van der Waals surface area contributed by atoms with Crippen molar-refractivity contribution in [1.29, 1.82) is 0 Å². The van der Waals surface area contributed by atoms with Gasteiger partial charge in [0.1, 0.15) is 0 Å². The second-order valence-corrected chi connectivity index (χ2v) is 6.87. The second-order valence-electron chi connectivity index (χ2n) is 5.30. The quantitative estimate of drug-likeness (QED) is 0.796. The van der Waals surface area contributed by atoms with Crippen LogP contribution < -0.4 is 5.32 Å². The first-order valence-electron chi connectivity index (χ1n) is 6.41. The highest BCUT2D eigenvalue weighted by molar-refractivity contribution is 14.1. The zero-order chi connectivity index (χ0) is 12.7. The molecule has 0 aliphatic heterocycles. The molecule has 2 aliphatic carbocycles. The molecule has 0 atom stereocenters. The van der Waals surface area contributed by atoms with Crippen molar-refractivity contribution in [2.24, 2.45) is 11.8 Å². The van der Waals surface area contributed by atoms with Crippen LogP contribution in [0.1, 0.15) is 36.0 Å². The molecule has 1 aromatic rings. The van der Waals surface area contributed by atoms with Crippen molar-refractivity contribution in [2.45, 2.75) is 31.7 Å². The molecule has 0 spiro atoms. The van der Waals surface area contributed by atoms with Gasteiger partial charge >= 0.3 is 0 Å². The summed E-state index contributed by atoms with van der Waals surface area (Å²) in [5, 5.41) is 3.85. The first-order chi connectivity index (χ1) is 8.65. The standard InChI is InChI=1S/C14H15ClINO/c15-11-7-10(5-6-12(11)16)14(18)17-13(8-1-2-8)9-3-4-9/h5-9,13H,1-4H2,(H,17,18). The number of halogens is 2. The third-order valence-corrected chi connectivity index (χ3v) is 5.31. The van der Waals surface area contributed by atoms with Crippen LogP contribution in [0.3, 0.4) is 0 Å². The van der Waals surface area contributed by atoms with Gasteiger partial charge in [0.2, 0.25) is 0 Å². The highest BCUT2D eigenvalue weighted by atomic mass is 127. The minimum absolute atomic E-state index is 0.0251. The van der Waals surface area contributed by atoms with E-state index in [0.29, 0.717) is 16.6 Å². The molecular weight excluding hydrogens is 361 g/mol. The van der Waals surface area contributed by atoms with E-state index in [2.05, 4.69) is 27.9 Å². The summed E-state index contributed by atoms with van der Waals surface area (Å²) >= 11 is 8.22. The fourth-order valence-corrected chi connectivity index (χ4v) is 2.92. The van der Waals surface area contributed by atoms with Gasteiger partial charge in [-0.15, -0.1) is 0 Å². The Hall–Kier alpha value is -0.290. The number of carbonyl (C=O) groups excluding carboxylic acids is 1. The van der Waals surface area contributed by atoms with Gasteiger partial charge in [-0.1, -0.05) is 11.6 Å². The van der Waals surface area contributed by atoms with Gasteiger partial charge in [0, 0.05) is 15.2 Å². The van der Waals surface area contributed by atoms with E-state index in [4.69, 9.17) is 11.6 Å². The molecule has 4 heteroatoms. The Labute approximate surface area is 126 Å². The fraction of sp³-hybridized carbons (Fsp3) is 0.500. The van der Waals surface area contributed by atoms with Crippen molar-refractivity contribution in [2.75, 3.05) is 0 Å². The topological polar surface area (TPSA) is 29.1 Å². The lowest BCUT2D eigenvalue weighted by Gasteiger charge is -2.17. The highest BCUT2D eigenvalue weighted by Crippen LogP contribution is 2.44. The Balaban J connectivity index is 1.71. The molecule has 0 heterocycles. The van der Waals surface area contributed by atoms with Crippen LogP contribution >= 0.6 is 34.2 Å². The fourth-order valence-electron chi connectivity index (χ4n) is 2.40. The minimum Gasteiger partial charge on any atom is -0.349 e. The van der Waals surface area contributed by atoms with Crippen molar-refractivity contribution >= 4 is 40.1 Å². The summed E-state index contributed by atoms with van der Waals surface area (Å²) in [6, 6.07) is 5.90. The molecule has 0 saturated heterocycles. The average molecular weight is 376 g/mol. The molecule has 2 fully saturated rings. The number of hydrogen-bond donors (Lipinski definition) is 1. The van der Waals surface area contributed by atoms with Crippen LogP contribution in [0.25, 0.3) is 0 Å². The van der Waals surface area contributed by atoms with Gasteiger partial charge in [-0.3, -0.25) is 4.79 Å². The maximum absolute atomic E-state index is 12.2. The van der Waals surface area contributed by atoms with E-state index >= 15 is 0 Å². The molecule has 1 N–H and O–H groups in total. The molecule has 96 valence electrons. The molecule has 0 aromatic heterocycles. The molecule has 2 nitrogen and oxygen atoms in total. The van der Waals surface area contributed by atoms with E-state index in [0.717, 1.165) is 15.4 Å². The molecule has 0 radical (unpaired) electrons. The number of benzene rings is 1. The second kappa shape index (κ2) is 5.00. The van der Waals surface area contributed by atoms with Crippen LogP contribution in [0, 0.1) is 15.4 Å². The molecule has 1 amide bonds. The lowest BCUT2D eigenvalue weighted by molar-refractivity contribution is 0.0926. The van der Waals surface area contributed by atoms with Crippen LogP contribution in [0.15, 0.2) is 18.2 Å². The number of rotatable bonds is 4. The van der Waals surface area contributed by atoms with Crippen LogP contribution in [0.2, 0.25) is 5.02 Å². The molecule has 2 saturated carbocycles. The summed E-state index contributed by atoms with van der Waals surface area (Å²) in [5.74, 6) is 1.47. The van der Waals surface area contributed by atoms with Crippen molar-refractivity contribution in [1.82, 2.24) is 5.32 Å². The van der Waals surface area contributed by atoms with Gasteiger partial charge in [-0.05, 0) is 78.3 Å². The predicted molar refractivity (Wildman–Crippen MR) is 80.9 cm³/mol. The smallest absolute Gasteiger partial charge is 0.251 e. The van der Waals surface area contributed by atoms with Gasteiger partial charge in [0.15, 0.2) is 0 Å². The van der Waals surface area contributed by atoms with Crippen LogP contribution in [0.4, 0.5) is 0 Å². The van der Waals surface area contributed by atoms with Gasteiger partial charge in [0.25, 0.3) is 5.91 Å². The maximum Gasteiger partial charge on any atom is 0.251 e.